The Hall–Kier alpha value is -1.59. The lowest BCUT2D eigenvalue weighted by Gasteiger charge is -2.22. The zero-order chi connectivity index (χ0) is 20.2. The summed E-state index contributed by atoms with van der Waals surface area (Å²) in [7, 11) is 1.86. The number of likely N-dealkylation sites (tertiary alicyclic amines) is 1. The van der Waals surface area contributed by atoms with Crippen LogP contribution in [0.1, 0.15) is 50.5 Å². The van der Waals surface area contributed by atoms with Crippen molar-refractivity contribution in [2.24, 2.45) is 10.9 Å². The molecule has 0 aromatic heterocycles. The molecule has 3 rings (SSSR count). The number of hydrogen-bond acceptors (Lipinski definition) is 3. The molecule has 5 heteroatoms. The molecule has 1 saturated heterocycles. The summed E-state index contributed by atoms with van der Waals surface area (Å²) in [5, 5.41) is 6.95. The lowest BCUT2D eigenvalue weighted by atomic mass is 9.98. The van der Waals surface area contributed by atoms with Crippen LogP contribution in [-0.2, 0) is 11.2 Å². The van der Waals surface area contributed by atoms with Crippen molar-refractivity contribution in [3.05, 3.63) is 35.9 Å². The van der Waals surface area contributed by atoms with Gasteiger partial charge in [-0.05, 0) is 50.1 Å². The van der Waals surface area contributed by atoms with Crippen molar-refractivity contribution in [1.82, 2.24) is 15.5 Å². The molecule has 162 valence electrons. The fraction of sp³-hybridized carbons (Fsp3) is 0.708. The number of benzene rings is 1. The predicted octanol–water partition coefficient (Wildman–Crippen LogP) is 3.46. The molecule has 1 heterocycles. The number of ether oxygens (including phenoxy) is 1. The van der Waals surface area contributed by atoms with Gasteiger partial charge in [-0.3, -0.25) is 4.99 Å². The van der Waals surface area contributed by atoms with E-state index in [9.17, 15) is 0 Å². The minimum atomic E-state index is 0.508. The van der Waals surface area contributed by atoms with Crippen LogP contribution in [-0.4, -0.2) is 63.3 Å². The number of guanidine groups is 1. The summed E-state index contributed by atoms with van der Waals surface area (Å²) in [6, 6.07) is 10.8. The molecular weight excluding hydrogens is 360 g/mol. The van der Waals surface area contributed by atoms with Gasteiger partial charge < -0.3 is 20.3 Å². The lowest BCUT2D eigenvalue weighted by molar-refractivity contribution is 0.0277. The number of nitrogens with zero attached hydrogens (tertiary/aromatic N) is 2. The molecule has 1 aromatic carbocycles. The van der Waals surface area contributed by atoms with Crippen LogP contribution in [0, 0.1) is 5.92 Å². The SMILES string of the molecule is CN=C(NCCCOC1CCCCC1)NCC1CCN(CCc2ccccc2)C1. The maximum absolute atomic E-state index is 6.00. The van der Waals surface area contributed by atoms with Gasteiger partial charge in [-0.2, -0.15) is 0 Å². The first-order chi connectivity index (χ1) is 14.3. The smallest absolute Gasteiger partial charge is 0.190 e. The Kier molecular flexibility index (Phi) is 9.80. The Morgan fingerprint density at radius 2 is 1.93 bits per heavy atom. The van der Waals surface area contributed by atoms with Gasteiger partial charge in [0.25, 0.3) is 0 Å². The number of nitrogens with one attached hydrogen (secondary N) is 2. The first-order valence-corrected chi connectivity index (χ1v) is 11.7. The van der Waals surface area contributed by atoms with Crippen molar-refractivity contribution in [3.8, 4) is 0 Å². The second-order valence-corrected chi connectivity index (χ2v) is 8.56. The molecule has 1 saturated carbocycles. The van der Waals surface area contributed by atoms with Crippen molar-refractivity contribution in [2.45, 2.75) is 57.5 Å². The monoisotopic (exact) mass is 400 g/mol. The third kappa shape index (κ3) is 8.35. The number of hydrogen-bond donors (Lipinski definition) is 2. The van der Waals surface area contributed by atoms with E-state index < -0.39 is 0 Å². The maximum Gasteiger partial charge on any atom is 0.190 e. The van der Waals surface area contributed by atoms with Crippen LogP contribution in [0.15, 0.2) is 35.3 Å². The van der Waals surface area contributed by atoms with E-state index in [0.717, 1.165) is 45.0 Å². The summed E-state index contributed by atoms with van der Waals surface area (Å²) < 4.78 is 6.00. The standard InChI is InChI=1S/C24H40N4O/c1-25-24(26-15-8-18-29-23-11-6-3-7-12-23)27-19-22-14-17-28(20-22)16-13-21-9-4-2-5-10-21/h2,4-5,9-10,22-23H,3,6-8,11-20H2,1H3,(H2,25,26,27). The first kappa shape index (κ1) is 22.1. The second-order valence-electron chi connectivity index (χ2n) is 8.56. The second kappa shape index (κ2) is 12.9. The van der Waals surface area contributed by atoms with Crippen LogP contribution in [0.25, 0.3) is 0 Å². The molecule has 1 aliphatic carbocycles. The molecule has 5 nitrogen and oxygen atoms in total. The maximum atomic E-state index is 6.00. The Bertz CT molecular complexity index is 586. The van der Waals surface area contributed by atoms with Gasteiger partial charge in [-0.1, -0.05) is 49.6 Å². The Morgan fingerprint density at radius 1 is 1.10 bits per heavy atom. The first-order valence-electron chi connectivity index (χ1n) is 11.7. The Labute approximate surface area is 177 Å². The Morgan fingerprint density at radius 3 is 2.72 bits per heavy atom. The molecule has 1 unspecified atom stereocenters. The molecule has 2 N–H and O–H groups in total. The molecule has 2 fully saturated rings. The molecule has 0 bridgehead atoms. The van der Waals surface area contributed by atoms with Crippen LogP contribution in [0.4, 0.5) is 0 Å². The predicted molar refractivity (Wildman–Crippen MR) is 121 cm³/mol. The fourth-order valence-corrected chi connectivity index (χ4v) is 4.44. The molecular formula is C24H40N4O. The van der Waals surface area contributed by atoms with E-state index in [1.807, 2.05) is 7.05 Å². The van der Waals surface area contributed by atoms with E-state index in [2.05, 4.69) is 50.9 Å². The molecule has 1 aromatic rings. The molecule has 1 atom stereocenters. The highest BCUT2D eigenvalue weighted by Crippen LogP contribution is 2.20. The average Bonchev–Trinajstić information content (AvgIpc) is 3.23. The van der Waals surface area contributed by atoms with Crippen LogP contribution in [0.3, 0.4) is 0 Å². The highest BCUT2D eigenvalue weighted by atomic mass is 16.5. The van der Waals surface area contributed by atoms with Crippen molar-refractivity contribution in [3.63, 3.8) is 0 Å². The topological polar surface area (TPSA) is 48.9 Å². The van der Waals surface area contributed by atoms with Crippen LogP contribution >= 0.6 is 0 Å². The lowest BCUT2D eigenvalue weighted by Crippen LogP contribution is -2.41. The zero-order valence-electron chi connectivity index (χ0n) is 18.2. The molecule has 1 aliphatic heterocycles. The van der Waals surface area contributed by atoms with Crippen LogP contribution in [0.5, 0.6) is 0 Å². The van der Waals surface area contributed by atoms with E-state index in [0.29, 0.717) is 12.0 Å². The highest BCUT2D eigenvalue weighted by Gasteiger charge is 2.22. The van der Waals surface area contributed by atoms with Crippen molar-refractivity contribution < 1.29 is 4.74 Å². The summed E-state index contributed by atoms with van der Waals surface area (Å²) in [5.74, 6) is 1.63. The van der Waals surface area contributed by atoms with E-state index >= 15 is 0 Å². The minimum Gasteiger partial charge on any atom is -0.378 e. The zero-order valence-corrected chi connectivity index (χ0v) is 18.2. The van der Waals surface area contributed by atoms with Gasteiger partial charge in [0.05, 0.1) is 6.10 Å². The quantitative estimate of drug-likeness (QED) is 0.359. The normalized spacial score (nSPS) is 21.4. The number of rotatable bonds is 10. The number of aliphatic imine (C=N–C) groups is 1. The van der Waals surface area contributed by atoms with Gasteiger partial charge in [0.2, 0.25) is 0 Å². The molecule has 0 spiro atoms. The average molecular weight is 401 g/mol. The van der Waals surface area contributed by atoms with Crippen molar-refractivity contribution >= 4 is 5.96 Å². The molecule has 0 radical (unpaired) electrons. The third-order valence-electron chi connectivity index (χ3n) is 6.23. The van der Waals surface area contributed by atoms with Gasteiger partial charge >= 0.3 is 0 Å². The van der Waals surface area contributed by atoms with Crippen LogP contribution < -0.4 is 10.6 Å². The van der Waals surface area contributed by atoms with Crippen molar-refractivity contribution in [2.75, 3.05) is 46.4 Å². The van der Waals surface area contributed by atoms with E-state index in [1.165, 1.54) is 57.2 Å². The molecule has 2 aliphatic rings. The molecule has 0 amide bonds. The molecule has 29 heavy (non-hydrogen) atoms. The minimum absolute atomic E-state index is 0.508. The third-order valence-corrected chi connectivity index (χ3v) is 6.23. The van der Waals surface area contributed by atoms with Gasteiger partial charge in [-0.25, -0.2) is 0 Å². The largest absolute Gasteiger partial charge is 0.378 e. The highest BCUT2D eigenvalue weighted by molar-refractivity contribution is 5.79. The fourth-order valence-electron chi connectivity index (χ4n) is 4.44. The summed E-state index contributed by atoms with van der Waals surface area (Å²) in [6.07, 6.45) is 10.5. The van der Waals surface area contributed by atoms with Crippen LogP contribution in [0.2, 0.25) is 0 Å². The van der Waals surface area contributed by atoms with Gasteiger partial charge in [-0.15, -0.1) is 0 Å². The Balaban J connectivity index is 1.23. The summed E-state index contributed by atoms with van der Waals surface area (Å²) in [5.41, 5.74) is 1.44. The van der Waals surface area contributed by atoms with Gasteiger partial charge in [0, 0.05) is 39.8 Å². The summed E-state index contributed by atoms with van der Waals surface area (Å²) >= 11 is 0. The van der Waals surface area contributed by atoms with E-state index in [4.69, 9.17) is 4.74 Å². The van der Waals surface area contributed by atoms with Gasteiger partial charge in [0.1, 0.15) is 0 Å². The summed E-state index contributed by atoms with van der Waals surface area (Å²) in [4.78, 5) is 6.97. The van der Waals surface area contributed by atoms with Gasteiger partial charge in [0.15, 0.2) is 5.96 Å². The summed E-state index contributed by atoms with van der Waals surface area (Å²) in [6.45, 7) is 6.33. The van der Waals surface area contributed by atoms with E-state index in [1.54, 1.807) is 0 Å². The van der Waals surface area contributed by atoms with E-state index in [-0.39, 0.29) is 0 Å². The van der Waals surface area contributed by atoms with Crippen molar-refractivity contribution in [1.29, 1.82) is 0 Å².